The van der Waals surface area contributed by atoms with E-state index in [1.165, 1.54) is 50.5 Å². The highest BCUT2D eigenvalue weighted by molar-refractivity contribution is 6.13. The van der Waals surface area contributed by atoms with E-state index in [2.05, 4.69) is 54.8 Å². The number of pyridine rings is 1. The number of halogens is 1. The van der Waals surface area contributed by atoms with Gasteiger partial charge in [0.05, 0.1) is 11.1 Å². The van der Waals surface area contributed by atoms with Gasteiger partial charge in [-0.1, -0.05) is 56.0 Å². The quantitative estimate of drug-likeness (QED) is 0.217. The molecule has 2 saturated carbocycles. The van der Waals surface area contributed by atoms with E-state index in [0.29, 0.717) is 17.1 Å². The predicted molar refractivity (Wildman–Crippen MR) is 157 cm³/mol. The zero-order valence-electron chi connectivity index (χ0n) is 23.3. The van der Waals surface area contributed by atoms with E-state index in [-0.39, 0.29) is 5.82 Å². The second kappa shape index (κ2) is 9.62. The minimum absolute atomic E-state index is 0.233. The SMILES string of the molecule is Cc1cc(C2CCC3CCCCC3C2)ccc1-c1c(F)ccc2c1oc1c(-c3cccc[n+]3C)c(C)ccc12. The highest BCUT2D eigenvalue weighted by Crippen LogP contribution is 2.47. The molecule has 0 spiro atoms. The Morgan fingerprint density at radius 3 is 2.33 bits per heavy atom. The first-order valence-electron chi connectivity index (χ1n) is 14.7. The molecule has 3 aromatic carbocycles. The number of benzene rings is 3. The summed E-state index contributed by atoms with van der Waals surface area (Å²) in [5.41, 5.74) is 8.77. The van der Waals surface area contributed by atoms with Gasteiger partial charge in [-0.05, 0) is 91.3 Å². The third kappa shape index (κ3) is 4.09. The molecule has 0 aliphatic heterocycles. The Morgan fingerprint density at radius 2 is 1.54 bits per heavy atom. The molecule has 7 rings (SSSR count). The first kappa shape index (κ1) is 24.6. The van der Waals surface area contributed by atoms with E-state index in [9.17, 15) is 0 Å². The molecule has 3 heteroatoms. The van der Waals surface area contributed by atoms with Crippen molar-refractivity contribution in [2.75, 3.05) is 0 Å². The highest BCUT2D eigenvalue weighted by Gasteiger charge is 2.33. The first-order chi connectivity index (χ1) is 19.0. The van der Waals surface area contributed by atoms with Gasteiger partial charge in [0.1, 0.15) is 24.0 Å². The Labute approximate surface area is 230 Å². The summed E-state index contributed by atoms with van der Waals surface area (Å²) in [5, 5.41) is 1.98. The molecule has 0 radical (unpaired) electrons. The maximum Gasteiger partial charge on any atom is 0.216 e. The molecule has 2 fully saturated rings. The van der Waals surface area contributed by atoms with E-state index in [4.69, 9.17) is 4.42 Å². The van der Waals surface area contributed by atoms with Gasteiger partial charge in [0, 0.05) is 22.9 Å². The van der Waals surface area contributed by atoms with Crippen molar-refractivity contribution in [1.29, 1.82) is 0 Å². The van der Waals surface area contributed by atoms with Gasteiger partial charge in [-0.2, -0.15) is 0 Å². The van der Waals surface area contributed by atoms with Crippen molar-refractivity contribution < 1.29 is 13.4 Å². The van der Waals surface area contributed by atoms with Gasteiger partial charge in [-0.25, -0.2) is 8.96 Å². The lowest BCUT2D eigenvalue weighted by atomic mass is 9.66. The van der Waals surface area contributed by atoms with Crippen LogP contribution in [0.1, 0.15) is 67.6 Å². The molecule has 0 bridgehead atoms. The zero-order valence-corrected chi connectivity index (χ0v) is 23.3. The number of nitrogens with zero attached hydrogens (tertiary/aromatic N) is 1. The maximum absolute atomic E-state index is 15.7. The van der Waals surface area contributed by atoms with Crippen LogP contribution in [0, 0.1) is 31.5 Å². The molecule has 2 aromatic heterocycles. The van der Waals surface area contributed by atoms with Crippen molar-refractivity contribution in [2.45, 2.75) is 64.7 Å². The lowest BCUT2D eigenvalue weighted by Gasteiger charge is -2.39. The van der Waals surface area contributed by atoms with Crippen molar-refractivity contribution in [1.82, 2.24) is 0 Å². The largest absolute Gasteiger partial charge is 0.454 e. The summed E-state index contributed by atoms with van der Waals surface area (Å²) < 4.78 is 24.4. The molecule has 2 heterocycles. The number of rotatable bonds is 3. The van der Waals surface area contributed by atoms with E-state index in [1.807, 2.05) is 31.4 Å². The molecule has 198 valence electrons. The molecule has 3 unspecified atom stereocenters. The molecule has 0 saturated heterocycles. The molecule has 2 nitrogen and oxygen atoms in total. The average molecular weight is 519 g/mol. The summed E-state index contributed by atoms with van der Waals surface area (Å²) in [6, 6.07) is 20.6. The fourth-order valence-electron chi connectivity index (χ4n) is 7.73. The van der Waals surface area contributed by atoms with Gasteiger partial charge >= 0.3 is 0 Å². The highest BCUT2D eigenvalue weighted by atomic mass is 19.1. The second-order valence-electron chi connectivity index (χ2n) is 12.1. The Kier molecular flexibility index (Phi) is 6.06. The number of aromatic nitrogens is 1. The van der Waals surface area contributed by atoms with Crippen LogP contribution in [0.2, 0.25) is 0 Å². The normalized spacial score (nSPS) is 21.4. The lowest BCUT2D eigenvalue weighted by Crippen LogP contribution is -2.30. The molecular formula is C36H37FNO+. The number of furan rings is 1. The van der Waals surface area contributed by atoms with E-state index < -0.39 is 0 Å². The van der Waals surface area contributed by atoms with Gasteiger partial charge in [0.15, 0.2) is 6.20 Å². The monoisotopic (exact) mass is 518 g/mol. The second-order valence-corrected chi connectivity index (χ2v) is 12.1. The van der Waals surface area contributed by atoms with Gasteiger partial charge in [0.25, 0.3) is 0 Å². The summed E-state index contributed by atoms with van der Waals surface area (Å²) in [6.07, 6.45) is 11.7. The van der Waals surface area contributed by atoms with Crippen LogP contribution in [0.3, 0.4) is 0 Å². The van der Waals surface area contributed by atoms with E-state index in [1.54, 1.807) is 6.07 Å². The van der Waals surface area contributed by atoms with Crippen LogP contribution in [0.5, 0.6) is 0 Å². The predicted octanol–water partition coefficient (Wildman–Crippen LogP) is 9.57. The van der Waals surface area contributed by atoms with Gasteiger partial charge in [-0.3, -0.25) is 0 Å². The van der Waals surface area contributed by atoms with Gasteiger partial charge in [-0.15, -0.1) is 0 Å². The molecule has 39 heavy (non-hydrogen) atoms. The number of hydrogen-bond donors (Lipinski definition) is 0. The molecule has 2 aliphatic carbocycles. The van der Waals surface area contributed by atoms with Crippen LogP contribution in [0.15, 0.2) is 71.3 Å². The minimum atomic E-state index is -0.233. The summed E-state index contributed by atoms with van der Waals surface area (Å²) in [6.45, 7) is 4.24. The smallest absolute Gasteiger partial charge is 0.216 e. The minimum Gasteiger partial charge on any atom is -0.454 e. The molecule has 0 amide bonds. The summed E-state index contributed by atoms with van der Waals surface area (Å²) in [4.78, 5) is 0. The zero-order chi connectivity index (χ0) is 26.7. The Balaban J connectivity index is 1.34. The molecule has 0 N–H and O–H groups in total. The molecule has 3 atom stereocenters. The number of fused-ring (bicyclic) bond motifs is 4. The fraction of sp³-hybridized carbons (Fsp3) is 0.361. The van der Waals surface area contributed by atoms with Crippen LogP contribution in [0.25, 0.3) is 44.3 Å². The Bertz CT molecular complexity index is 1710. The van der Waals surface area contributed by atoms with Crippen LogP contribution in [-0.2, 0) is 7.05 Å². The van der Waals surface area contributed by atoms with E-state index >= 15 is 4.39 Å². The molecular weight excluding hydrogens is 481 g/mol. The Morgan fingerprint density at radius 1 is 0.769 bits per heavy atom. The van der Waals surface area contributed by atoms with Gasteiger partial charge < -0.3 is 4.42 Å². The number of aryl methyl sites for hydroxylation is 3. The maximum atomic E-state index is 15.7. The number of hydrogen-bond acceptors (Lipinski definition) is 1. The summed E-state index contributed by atoms with van der Waals surface area (Å²) >= 11 is 0. The third-order valence-electron chi connectivity index (χ3n) is 9.81. The van der Waals surface area contributed by atoms with Crippen molar-refractivity contribution in [3.05, 3.63) is 89.4 Å². The summed E-state index contributed by atoms with van der Waals surface area (Å²) in [5.74, 6) is 2.23. The van der Waals surface area contributed by atoms with Crippen LogP contribution < -0.4 is 4.57 Å². The average Bonchev–Trinajstić information content (AvgIpc) is 3.32. The molecule has 2 aliphatic rings. The standard InChI is InChI=1S/C36H37FNO/c1-22-11-15-29-30-17-18-31(37)34(36(30)39-35(29)33(22)32-10-6-7-19-38(32)3)28-16-14-26(20-23(28)2)27-13-12-24-8-4-5-9-25(24)21-27/h6-7,10-11,14-20,24-25,27H,4-5,8-9,12-13,21H2,1-3H3/q+1. The first-order valence-corrected chi connectivity index (χ1v) is 14.7. The van der Waals surface area contributed by atoms with Crippen molar-refractivity contribution in [3.8, 4) is 22.4 Å². The van der Waals surface area contributed by atoms with Crippen molar-refractivity contribution >= 4 is 21.9 Å². The Hall–Kier alpha value is -3.46. The van der Waals surface area contributed by atoms with Crippen molar-refractivity contribution in [2.24, 2.45) is 18.9 Å². The van der Waals surface area contributed by atoms with Crippen molar-refractivity contribution in [3.63, 3.8) is 0 Å². The molecule has 5 aromatic rings. The van der Waals surface area contributed by atoms with E-state index in [0.717, 1.165) is 56.1 Å². The fourth-order valence-corrected chi connectivity index (χ4v) is 7.73. The third-order valence-corrected chi connectivity index (χ3v) is 9.81. The topological polar surface area (TPSA) is 17.0 Å². The van der Waals surface area contributed by atoms with Crippen LogP contribution >= 0.6 is 0 Å². The summed E-state index contributed by atoms with van der Waals surface area (Å²) in [7, 11) is 2.05. The van der Waals surface area contributed by atoms with Crippen LogP contribution in [0.4, 0.5) is 4.39 Å². The van der Waals surface area contributed by atoms with Crippen LogP contribution in [-0.4, -0.2) is 0 Å². The van der Waals surface area contributed by atoms with Gasteiger partial charge in [0.2, 0.25) is 5.69 Å². The lowest BCUT2D eigenvalue weighted by molar-refractivity contribution is -0.660.